The highest BCUT2D eigenvalue weighted by Gasteiger charge is 2.14. The second-order valence-corrected chi connectivity index (χ2v) is 5.86. The van der Waals surface area contributed by atoms with Gasteiger partial charge in [-0.3, -0.25) is 0 Å². The lowest BCUT2D eigenvalue weighted by molar-refractivity contribution is 0.275. The van der Waals surface area contributed by atoms with Crippen LogP contribution in [0.4, 0.5) is 5.95 Å². The highest BCUT2D eigenvalue weighted by Crippen LogP contribution is 2.38. The predicted octanol–water partition coefficient (Wildman–Crippen LogP) is 3.25. The Hall–Kier alpha value is -3.48. The molecule has 7 heteroatoms. The largest absolute Gasteiger partial charge is 0.493 e. The SMILES string of the molecule is COc1cc(C=Nn2cc(C)nc2N)cc(OCc2ccccc2)c1OC. The number of nitrogens with two attached hydrogens (primary N) is 1. The molecule has 0 saturated carbocycles. The zero-order chi connectivity index (χ0) is 19.2. The summed E-state index contributed by atoms with van der Waals surface area (Å²) in [4.78, 5) is 4.12. The Bertz CT molecular complexity index is 936. The number of benzene rings is 2. The molecule has 0 amide bonds. The number of imidazole rings is 1. The molecule has 0 aliphatic rings. The smallest absolute Gasteiger partial charge is 0.221 e. The zero-order valence-electron chi connectivity index (χ0n) is 15.5. The van der Waals surface area contributed by atoms with Gasteiger partial charge in [0.15, 0.2) is 11.5 Å². The second-order valence-electron chi connectivity index (χ2n) is 5.86. The first-order valence-corrected chi connectivity index (χ1v) is 8.39. The minimum atomic E-state index is 0.324. The number of ether oxygens (including phenoxy) is 3. The molecule has 0 spiro atoms. The van der Waals surface area contributed by atoms with Crippen LogP contribution in [0.5, 0.6) is 17.2 Å². The number of methoxy groups -OCH3 is 2. The van der Waals surface area contributed by atoms with Crippen molar-refractivity contribution < 1.29 is 14.2 Å². The molecule has 27 heavy (non-hydrogen) atoms. The van der Waals surface area contributed by atoms with E-state index in [0.29, 0.717) is 29.8 Å². The molecule has 1 heterocycles. The topological polar surface area (TPSA) is 83.9 Å². The minimum absolute atomic E-state index is 0.324. The van der Waals surface area contributed by atoms with Crippen LogP contribution in [0.3, 0.4) is 0 Å². The van der Waals surface area contributed by atoms with Crippen LogP contribution in [0.1, 0.15) is 16.8 Å². The minimum Gasteiger partial charge on any atom is -0.493 e. The van der Waals surface area contributed by atoms with E-state index in [1.165, 1.54) is 4.68 Å². The molecule has 0 unspecified atom stereocenters. The average Bonchev–Trinajstić information content (AvgIpc) is 3.02. The van der Waals surface area contributed by atoms with Crippen LogP contribution >= 0.6 is 0 Å². The van der Waals surface area contributed by atoms with E-state index in [4.69, 9.17) is 19.9 Å². The van der Waals surface area contributed by atoms with Crippen molar-refractivity contribution in [2.75, 3.05) is 20.0 Å². The molecule has 2 aromatic carbocycles. The van der Waals surface area contributed by atoms with Gasteiger partial charge >= 0.3 is 0 Å². The van der Waals surface area contributed by atoms with Gasteiger partial charge in [-0.25, -0.2) is 9.66 Å². The first kappa shape index (κ1) is 18.3. The summed E-state index contributed by atoms with van der Waals surface area (Å²) in [5, 5.41) is 4.34. The van der Waals surface area contributed by atoms with E-state index in [-0.39, 0.29) is 0 Å². The van der Waals surface area contributed by atoms with Gasteiger partial charge in [-0.1, -0.05) is 30.3 Å². The maximum Gasteiger partial charge on any atom is 0.221 e. The summed E-state index contributed by atoms with van der Waals surface area (Å²) in [6.07, 6.45) is 3.41. The van der Waals surface area contributed by atoms with E-state index in [1.54, 1.807) is 26.6 Å². The molecule has 2 N–H and O–H groups in total. The maximum absolute atomic E-state index is 5.97. The Morgan fingerprint density at radius 2 is 1.85 bits per heavy atom. The van der Waals surface area contributed by atoms with Gasteiger partial charge in [0.25, 0.3) is 0 Å². The summed E-state index contributed by atoms with van der Waals surface area (Å²) in [6, 6.07) is 13.6. The number of aromatic nitrogens is 2. The highest BCUT2D eigenvalue weighted by atomic mass is 16.5. The Morgan fingerprint density at radius 1 is 1.11 bits per heavy atom. The predicted molar refractivity (Wildman–Crippen MR) is 105 cm³/mol. The highest BCUT2D eigenvalue weighted by molar-refractivity contribution is 5.82. The monoisotopic (exact) mass is 366 g/mol. The molecule has 0 bridgehead atoms. The third kappa shape index (κ3) is 4.38. The van der Waals surface area contributed by atoms with Gasteiger partial charge in [-0.05, 0) is 24.6 Å². The first-order valence-electron chi connectivity index (χ1n) is 8.39. The van der Waals surface area contributed by atoms with Crippen molar-refractivity contribution in [2.24, 2.45) is 5.10 Å². The van der Waals surface area contributed by atoms with Crippen LogP contribution < -0.4 is 19.9 Å². The van der Waals surface area contributed by atoms with E-state index in [9.17, 15) is 0 Å². The number of nitrogen functional groups attached to an aromatic ring is 1. The van der Waals surface area contributed by atoms with E-state index in [1.807, 2.05) is 49.4 Å². The van der Waals surface area contributed by atoms with Gasteiger partial charge in [0, 0.05) is 5.56 Å². The molecule has 0 aliphatic heterocycles. The number of hydrogen-bond donors (Lipinski definition) is 1. The maximum atomic E-state index is 5.97. The van der Waals surface area contributed by atoms with Crippen LogP contribution in [0.25, 0.3) is 0 Å². The third-order valence-electron chi connectivity index (χ3n) is 3.87. The molecule has 7 nitrogen and oxygen atoms in total. The van der Waals surface area contributed by atoms with Crippen molar-refractivity contribution >= 4 is 12.2 Å². The summed E-state index contributed by atoms with van der Waals surface area (Å²) in [5.41, 5.74) is 8.45. The standard InChI is InChI=1S/C20H22N4O3/c1-14-12-24(20(21)23-14)22-11-16-9-17(25-2)19(26-3)18(10-16)27-13-15-7-5-4-6-8-15/h4-12H,13H2,1-3H3,(H2,21,23). The molecule has 0 saturated heterocycles. The van der Waals surface area contributed by atoms with Crippen molar-refractivity contribution in [1.29, 1.82) is 0 Å². The fraction of sp³-hybridized carbons (Fsp3) is 0.200. The van der Waals surface area contributed by atoms with Crippen molar-refractivity contribution in [3.8, 4) is 17.2 Å². The Labute approximate surface area is 158 Å². The summed E-state index contributed by atoms with van der Waals surface area (Å²) in [7, 11) is 3.16. The van der Waals surface area contributed by atoms with E-state index in [2.05, 4.69) is 10.1 Å². The van der Waals surface area contributed by atoms with Crippen molar-refractivity contribution in [3.05, 3.63) is 65.5 Å². The molecule has 0 fully saturated rings. The molecule has 0 radical (unpaired) electrons. The molecule has 0 atom stereocenters. The summed E-state index contributed by atoms with van der Waals surface area (Å²) >= 11 is 0. The number of aryl methyl sites for hydroxylation is 1. The average molecular weight is 366 g/mol. The van der Waals surface area contributed by atoms with Crippen LogP contribution in [0, 0.1) is 6.92 Å². The number of anilines is 1. The Morgan fingerprint density at radius 3 is 2.48 bits per heavy atom. The van der Waals surface area contributed by atoms with E-state index >= 15 is 0 Å². The number of hydrogen-bond acceptors (Lipinski definition) is 6. The fourth-order valence-corrected chi connectivity index (χ4v) is 2.59. The van der Waals surface area contributed by atoms with Gasteiger partial charge in [0.05, 0.1) is 32.3 Å². The lowest BCUT2D eigenvalue weighted by Crippen LogP contribution is -2.01. The van der Waals surface area contributed by atoms with Gasteiger partial charge < -0.3 is 19.9 Å². The van der Waals surface area contributed by atoms with Gasteiger partial charge in [-0.2, -0.15) is 5.10 Å². The summed E-state index contributed by atoms with van der Waals surface area (Å²) in [5.74, 6) is 1.98. The molecule has 140 valence electrons. The quantitative estimate of drug-likeness (QED) is 0.649. The molecular formula is C20H22N4O3. The van der Waals surface area contributed by atoms with Gasteiger partial charge in [0.1, 0.15) is 6.61 Å². The normalized spacial score (nSPS) is 10.9. The number of rotatable bonds is 7. The molecule has 3 aromatic rings. The van der Waals surface area contributed by atoms with Crippen LogP contribution in [-0.4, -0.2) is 30.1 Å². The molecule has 0 aliphatic carbocycles. The number of nitrogens with zero attached hydrogens (tertiary/aromatic N) is 3. The van der Waals surface area contributed by atoms with Crippen molar-refractivity contribution in [1.82, 2.24) is 9.66 Å². The van der Waals surface area contributed by atoms with Crippen LogP contribution in [-0.2, 0) is 6.61 Å². The summed E-state index contributed by atoms with van der Waals surface area (Å²) < 4.78 is 18.4. The summed E-state index contributed by atoms with van der Waals surface area (Å²) in [6.45, 7) is 2.27. The van der Waals surface area contributed by atoms with Crippen LogP contribution in [0.15, 0.2) is 53.8 Å². The lowest BCUT2D eigenvalue weighted by Gasteiger charge is -2.15. The fourth-order valence-electron chi connectivity index (χ4n) is 2.59. The molecule has 1 aromatic heterocycles. The van der Waals surface area contributed by atoms with Gasteiger partial charge in [-0.15, -0.1) is 0 Å². The zero-order valence-corrected chi connectivity index (χ0v) is 15.5. The second kappa shape index (κ2) is 8.27. The van der Waals surface area contributed by atoms with Crippen molar-refractivity contribution in [2.45, 2.75) is 13.5 Å². The van der Waals surface area contributed by atoms with E-state index < -0.39 is 0 Å². The molecule has 3 rings (SSSR count). The lowest BCUT2D eigenvalue weighted by atomic mass is 10.2. The van der Waals surface area contributed by atoms with Gasteiger partial charge in [0.2, 0.25) is 11.7 Å². The Balaban J connectivity index is 1.89. The van der Waals surface area contributed by atoms with Crippen LogP contribution in [0.2, 0.25) is 0 Å². The Kier molecular flexibility index (Phi) is 5.61. The first-order chi connectivity index (χ1) is 13.1. The third-order valence-corrected chi connectivity index (χ3v) is 3.87. The van der Waals surface area contributed by atoms with E-state index in [0.717, 1.165) is 16.8 Å². The van der Waals surface area contributed by atoms with Crippen molar-refractivity contribution in [3.63, 3.8) is 0 Å². The molecular weight excluding hydrogens is 344 g/mol.